The fraction of sp³-hybridized carbons (Fsp3) is 0.375. The molecule has 0 unspecified atom stereocenters. The highest BCUT2D eigenvalue weighted by Crippen LogP contribution is 2.25. The van der Waals surface area contributed by atoms with Crippen molar-refractivity contribution in [3.05, 3.63) is 65.0 Å². The maximum atomic E-state index is 14.5. The number of nitrogens with zero attached hydrogens (tertiary/aromatic N) is 3. The molecule has 2 aliphatic heterocycles. The first-order valence-corrected chi connectivity index (χ1v) is 10.8. The van der Waals surface area contributed by atoms with Crippen molar-refractivity contribution in [1.82, 2.24) is 9.80 Å². The van der Waals surface area contributed by atoms with Crippen LogP contribution in [0.1, 0.15) is 28.4 Å². The molecule has 0 saturated carbocycles. The van der Waals surface area contributed by atoms with Gasteiger partial charge in [-0.05, 0) is 42.7 Å². The summed E-state index contributed by atoms with van der Waals surface area (Å²) in [6.07, 6.45) is 0.502. The summed E-state index contributed by atoms with van der Waals surface area (Å²) >= 11 is 0. The molecule has 2 amide bonds. The topological polar surface area (TPSA) is 87.0 Å². The summed E-state index contributed by atoms with van der Waals surface area (Å²) < 4.78 is 14.5. The molecular weight excluding hydrogens is 411 g/mol. The molecule has 32 heavy (non-hydrogen) atoms. The van der Waals surface area contributed by atoms with Gasteiger partial charge in [0.1, 0.15) is 5.82 Å². The van der Waals surface area contributed by atoms with Gasteiger partial charge in [0.15, 0.2) is 5.78 Å². The predicted molar refractivity (Wildman–Crippen MR) is 119 cm³/mol. The number of anilines is 1. The Kier molecular flexibility index (Phi) is 6.23. The first-order chi connectivity index (χ1) is 15.3. The zero-order valence-corrected chi connectivity index (χ0v) is 18.1. The van der Waals surface area contributed by atoms with Crippen molar-refractivity contribution in [1.29, 1.82) is 0 Å². The average molecular weight is 439 g/mol. The molecule has 2 aliphatic rings. The second-order valence-electron chi connectivity index (χ2n) is 8.39. The van der Waals surface area contributed by atoms with Crippen molar-refractivity contribution in [2.45, 2.75) is 25.9 Å². The van der Waals surface area contributed by atoms with Gasteiger partial charge in [-0.25, -0.2) is 4.39 Å². The number of fused-ring (bicyclic) bond motifs is 1. The molecule has 2 aromatic carbocycles. The van der Waals surface area contributed by atoms with E-state index in [0.717, 1.165) is 11.1 Å². The van der Waals surface area contributed by atoms with Crippen molar-refractivity contribution < 1.29 is 18.8 Å². The summed E-state index contributed by atoms with van der Waals surface area (Å²) in [6, 6.07) is 11.9. The van der Waals surface area contributed by atoms with E-state index in [4.69, 9.17) is 5.73 Å². The Morgan fingerprint density at radius 2 is 1.72 bits per heavy atom. The van der Waals surface area contributed by atoms with Gasteiger partial charge in [-0.15, -0.1) is 0 Å². The van der Waals surface area contributed by atoms with Crippen LogP contribution >= 0.6 is 0 Å². The SMILES string of the molecule is CC(=O)c1ccc(N2CCN(C(=O)CN3Cc4ccccc4C[C@H]3C(N)=O)CC2)c(F)c1. The van der Waals surface area contributed by atoms with E-state index < -0.39 is 17.8 Å². The van der Waals surface area contributed by atoms with Gasteiger partial charge in [-0.2, -0.15) is 0 Å². The minimum absolute atomic E-state index is 0.0670. The Hall–Kier alpha value is -3.26. The third kappa shape index (κ3) is 4.50. The summed E-state index contributed by atoms with van der Waals surface area (Å²) in [4.78, 5) is 41.9. The molecule has 0 bridgehead atoms. The number of ketones is 1. The molecule has 0 aromatic heterocycles. The van der Waals surface area contributed by atoms with Gasteiger partial charge in [-0.3, -0.25) is 19.3 Å². The van der Waals surface area contributed by atoms with Gasteiger partial charge in [0.05, 0.1) is 18.3 Å². The molecule has 7 nitrogen and oxygen atoms in total. The minimum atomic E-state index is -0.510. The highest BCUT2D eigenvalue weighted by molar-refractivity contribution is 5.94. The minimum Gasteiger partial charge on any atom is -0.368 e. The quantitative estimate of drug-likeness (QED) is 0.717. The second kappa shape index (κ2) is 9.08. The second-order valence-corrected chi connectivity index (χ2v) is 8.39. The molecule has 0 spiro atoms. The molecule has 2 N–H and O–H groups in total. The van der Waals surface area contributed by atoms with Gasteiger partial charge in [0, 0.05) is 38.3 Å². The number of hydrogen-bond donors (Lipinski definition) is 1. The van der Waals surface area contributed by atoms with Crippen molar-refractivity contribution >= 4 is 23.3 Å². The number of primary amides is 1. The lowest BCUT2D eigenvalue weighted by molar-refractivity contribution is -0.135. The molecule has 4 rings (SSSR count). The van der Waals surface area contributed by atoms with Crippen molar-refractivity contribution in [2.75, 3.05) is 37.6 Å². The molecular formula is C24H27FN4O3. The van der Waals surface area contributed by atoms with E-state index in [1.165, 1.54) is 13.0 Å². The number of halogens is 1. The summed E-state index contributed by atoms with van der Waals surface area (Å²) in [7, 11) is 0. The molecule has 0 radical (unpaired) electrons. The van der Waals surface area contributed by atoms with Gasteiger partial charge < -0.3 is 15.5 Å². The molecule has 1 atom stereocenters. The van der Waals surface area contributed by atoms with Crippen LogP contribution in [0.25, 0.3) is 0 Å². The molecule has 168 valence electrons. The van der Waals surface area contributed by atoms with Crippen LogP contribution in [0.5, 0.6) is 0 Å². The zero-order chi connectivity index (χ0) is 22.8. The largest absolute Gasteiger partial charge is 0.368 e. The molecule has 1 saturated heterocycles. The summed E-state index contributed by atoms with van der Waals surface area (Å²) in [5, 5.41) is 0. The lowest BCUT2D eigenvalue weighted by Gasteiger charge is -2.39. The van der Waals surface area contributed by atoms with Gasteiger partial charge in [0.2, 0.25) is 11.8 Å². The maximum Gasteiger partial charge on any atom is 0.236 e. The van der Waals surface area contributed by atoms with E-state index in [1.807, 2.05) is 34.1 Å². The number of nitrogens with two attached hydrogens (primary N) is 1. The number of amides is 2. The van der Waals surface area contributed by atoms with Crippen LogP contribution in [-0.2, 0) is 22.6 Å². The Morgan fingerprint density at radius 1 is 1.03 bits per heavy atom. The van der Waals surface area contributed by atoms with Crippen LogP contribution in [0.4, 0.5) is 10.1 Å². The fourth-order valence-electron chi connectivity index (χ4n) is 4.48. The van der Waals surface area contributed by atoms with E-state index in [2.05, 4.69) is 0 Å². The van der Waals surface area contributed by atoms with E-state index >= 15 is 0 Å². The lowest BCUT2D eigenvalue weighted by Crippen LogP contribution is -2.55. The standard InChI is InChI=1S/C24H27FN4O3/c1-16(30)17-6-7-21(20(25)12-17)27-8-10-28(11-9-27)23(31)15-29-14-19-5-3-2-4-18(19)13-22(29)24(26)32/h2-7,12,22H,8-11,13-15H2,1H3,(H2,26,32)/t22-/m0/s1. The normalized spacial score (nSPS) is 18.9. The fourth-order valence-corrected chi connectivity index (χ4v) is 4.48. The number of piperazine rings is 1. The van der Waals surface area contributed by atoms with E-state index in [-0.39, 0.29) is 18.2 Å². The third-order valence-corrected chi connectivity index (χ3v) is 6.34. The third-order valence-electron chi connectivity index (χ3n) is 6.34. The Balaban J connectivity index is 1.38. The maximum absolute atomic E-state index is 14.5. The smallest absolute Gasteiger partial charge is 0.236 e. The summed E-state index contributed by atoms with van der Waals surface area (Å²) in [5.74, 6) is -1.11. The van der Waals surface area contributed by atoms with Crippen molar-refractivity contribution in [3.8, 4) is 0 Å². The molecule has 8 heteroatoms. The Morgan fingerprint density at radius 3 is 2.34 bits per heavy atom. The Bertz CT molecular complexity index is 1050. The van der Waals surface area contributed by atoms with Gasteiger partial charge in [-0.1, -0.05) is 24.3 Å². The number of hydrogen-bond acceptors (Lipinski definition) is 5. The van der Waals surface area contributed by atoms with Crippen molar-refractivity contribution in [2.24, 2.45) is 5.73 Å². The highest BCUT2D eigenvalue weighted by Gasteiger charge is 2.33. The monoisotopic (exact) mass is 438 g/mol. The van der Waals surface area contributed by atoms with Gasteiger partial charge in [0.25, 0.3) is 0 Å². The first kappa shape index (κ1) is 22.0. The van der Waals surface area contributed by atoms with Crippen LogP contribution in [0.15, 0.2) is 42.5 Å². The predicted octanol–water partition coefficient (Wildman–Crippen LogP) is 1.59. The van der Waals surface area contributed by atoms with Crippen LogP contribution in [0, 0.1) is 5.82 Å². The van der Waals surface area contributed by atoms with Gasteiger partial charge >= 0.3 is 0 Å². The summed E-state index contributed by atoms with van der Waals surface area (Å²) in [6.45, 7) is 3.92. The molecule has 2 heterocycles. The Labute approximate surface area is 186 Å². The first-order valence-electron chi connectivity index (χ1n) is 10.8. The average Bonchev–Trinajstić information content (AvgIpc) is 2.78. The van der Waals surface area contributed by atoms with Crippen molar-refractivity contribution in [3.63, 3.8) is 0 Å². The number of carbonyl (C=O) groups is 3. The number of Topliss-reactive ketones (excluding diaryl/α,β-unsaturated/α-hetero) is 1. The van der Waals surface area contributed by atoms with Crippen LogP contribution in [0.3, 0.4) is 0 Å². The zero-order valence-electron chi connectivity index (χ0n) is 18.1. The molecule has 1 fully saturated rings. The van der Waals surface area contributed by atoms with Crippen LogP contribution in [0.2, 0.25) is 0 Å². The van der Waals surface area contributed by atoms with E-state index in [9.17, 15) is 18.8 Å². The van der Waals surface area contributed by atoms with E-state index in [1.54, 1.807) is 17.0 Å². The number of carbonyl (C=O) groups excluding carboxylic acids is 3. The van der Waals surface area contributed by atoms with Crippen LogP contribution in [-0.4, -0.2) is 66.2 Å². The summed E-state index contributed by atoms with van der Waals surface area (Å²) in [5.41, 5.74) is 8.59. The number of rotatable bonds is 5. The molecule has 2 aromatic rings. The molecule has 0 aliphatic carbocycles. The van der Waals surface area contributed by atoms with Crippen LogP contribution < -0.4 is 10.6 Å². The highest BCUT2D eigenvalue weighted by atomic mass is 19.1. The lowest BCUT2D eigenvalue weighted by atomic mass is 9.93. The van der Waals surface area contributed by atoms with E-state index in [0.29, 0.717) is 50.4 Å². The number of benzene rings is 2.